The van der Waals surface area contributed by atoms with Gasteiger partial charge in [-0.3, -0.25) is 4.99 Å². The van der Waals surface area contributed by atoms with Crippen molar-refractivity contribution in [1.82, 2.24) is 4.90 Å². The van der Waals surface area contributed by atoms with Crippen LogP contribution >= 0.6 is 0 Å². The minimum absolute atomic E-state index is 0.529. The molecule has 1 aliphatic rings. The van der Waals surface area contributed by atoms with E-state index in [0.717, 1.165) is 32.0 Å². The van der Waals surface area contributed by atoms with E-state index in [1.807, 2.05) is 0 Å². The van der Waals surface area contributed by atoms with Crippen molar-refractivity contribution in [2.75, 3.05) is 19.6 Å². The molecule has 0 unspecified atom stereocenters. The zero-order valence-corrected chi connectivity index (χ0v) is 10.4. The van der Waals surface area contributed by atoms with E-state index in [1.54, 1.807) is 0 Å². The fraction of sp³-hybridized carbons (Fsp3) is 0.917. The molecule has 0 amide bonds. The molecule has 88 valence electrons. The molecule has 3 nitrogen and oxygen atoms in total. The number of hydrogen-bond donors (Lipinski definition) is 1. The summed E-state index contributed by atoms with van der Waals surface area (Å²) in [5.41, 5.74) is 6.47. The molecule has 0 radical (unpaired) electrons. The molecule has 0 atom stereocenters. The lowest BCUT2D eigenvalue weighted by Crippen LogP contribution is -2.45. The monoisotopic (exact) mass is 211 g/mol. The number of likely N-dealkylation sites (tertiary alicyclic amines) is 1. The maximum Gasteiger partial charge on any atom is 0.191 e. The van der Waals surface area contributed by atoms with Gasteiger partial charge in [0.25, 0.3) is 0 Å². The highest BCUT2D eigenvalue weighted by molar-refractivity contribution is 5.78. The van der Waals surface area contributed by atoms with Gasteiger partial charge < -0.3 is 10.6 Å². The summed E-state index contributed by atoms with van der Waals surface area (Å²) in [7, 11) is 0. The molecule has 0 spiro atoms. The van der Waals surface area contributed by atoms with E-state index >= 15 is 0 Å². The van der Waals surface area contributed by atoms with E-state index in [1.165, 1.54) is 19.3 Å². The van der Waals surface area contributed by atoms with E-state index < -0.39 is 0 Å². The first kappa shape index (κ1) is 12.3. The first-order chi connectivity index (χ1) is 7.11. The third-order valence-corrected chi connectivity index (χ3v) is 3.65. The summed E-state index contributed by atoms with van der Waals surface area (Å²) in [5.74, 6) is 0.745. The van der Waals surface area contributed by atoms with Crippen LogP contribution in [0.4, 0.5) is 0 Å². The van der Waals surface area contributed by atoms with Crippen LogP contribution in [0.2, 0.25) is 0 Å². The van der Waals surface area contributed by atoms with Crippen molar-refractivity contribution < 1.29 is 0 Å². The van der Waals surface area contributed by atoms with Crippen molar-refractivity contribution in [3.8, 4) is 0 Å². The van der Waals surface area contributed by atoms with Crippen LogP contribution < -0.4 is 5.73 Å². The van der Waals surface area contributed by atoms with Gasteiger partial charge in [-0.2, -0.15) is 0 Å². The second-order valence-electron chi connectivity index (χ2n) is 4.89. The van der Waals surface area contributed by atoms with Crippen LogP contribution in [0, 0.1) is 5.41 Å². The minimum Gasteiger partial charge on any atom is -0.370 e. The quantitative estimate of drug-likeness (QED) is 0.574. The third-order valence-electron chi connectivity index (χ3n) is 3.65. The predicted octanol–water partition coefficient (Wildman–Crippen LogP) is 2.22. The molecule has 0 aliphatic carbocycles. The van der Waals surface area contributed by atoms with Gasteiger partial charge in [0.15, 0.2) is 5.96 Å². The van der Waals surface area contributed by atoms with Gasteiger partial charge in [-0.1, -0.05) is 27.2 Å². The second kappa shape index (κ2) is 5.38. The summed E-state index contributed by atoms with van der Waals surface area (Å²) in [6, 6.07) is 0. The Balaban J connectivity index is 2.43. The summed E-state index contributed by atoms with van der Waals surface area (Å²) in [4.78, 5) is 6.59. The summed E-state index contributed by atoms with van der Waals surface area (Å²) >= 11 is 0. The van der Waals surface area contributed by atoms with Gasteiger partial charge in [-0.05, 0) is 24.7 Å². The molecule has 15 heavy (non-hydrogen) atoms. The highest BCUT2D eigenvalue weighted by Gasteiger charge is 2.28. The Morgan fingerprint density at radius 1 is 1.33 bits per heavy atom. The van der Waals surface area contributed by atoms with E-state index in [0.29, 0.717) is 5.41 Å². The number of aliphatic imine (C=N–C) groups is 1. The number of hydrogen-bond acceptors (Lipinski definition) is 1. The molecule has 1 saturated heterocycles. The molecule has 1 heterocycles. The lowest BCUT2D eigenvalue weighted by Gasteiger charge is -2.39. The van der Waals surface area contributed by atoms with Crippen molar-refractivity contribution in [1.29, 1.82) is 0 Å². The van der Waals surface area contributed by atoms with Crippen LogP contribution in [0.15, 0.2) is 4.99 Å². The maximum absolute atomic E-state index is 5.94. The molecule has 3 heteroatoms. The Morgan fingerprint density at radius 3 is 2.40 bits per heavy atom. The van der Waals surface area contributed by atoms with Gasteiger partial charge in [0.2, 0.25) is 0 Å². The van der Waals surface area contributed by atoms with Gasteiger partial charge in [-0.15, -0.1) is 0 Å². The molecular weight excluding hydrogens is 186 g/mol. The Hall–Kier alpha value is -0.730. The first-order valence-electron chi connectivity index (χ1n) is 6.16. The highest BCUT2D eigenvalue weighted by atomic mass is 15.3. The van der Waals surface area contributed by atoms with Crippen LogP contribution in [0.3, 0.4) is 0 Å². The largest absolute Gasteiger partial charge is 0.370 e. The van der Waals surface area contributed by atoms with Crippen molar-refractivity contribution in [3.63, 3.8) is 0 Å². The summed E-state index contributed by atoms with van der Waals surface area (Å²) in [5, 5.41) is 0. The number of nitrogens with zero attached hydrogens (tertiary/aromatic N) is 2. The van der Waals surface area contributed by atoms with Crippen molar-refractivity contribution in [2.24, 2.45) is 16.1 Å². The van der Waals surface area contributed by atoms with Crippen LogP contribution in [0.5, 0.6) is 0 Å². The average molecular weight is 211 g/mol. The summed E-state index contributed by atoms with van der Waals surface area (Å²) in [6.07, 6.45) is 4.83. The molecule has 0 aromatic rings. The number of guanidine groups is 1. The van der Waals surface area contributed by atoms with Gasteiger partial charge in [0, 0.05) is 19.6 Å². The summed E-state index contributed by atoms with van der Waals surface area (Å²) in [6.45, 7) is 9.79. The Kier molecular flexibility index (Phi) is 4.43. The number of piperidine rings is 1. The predicted molar refractivity (Wildman–Crippen MR) is 66.0 cm³/mol. The summed E-state index contributed by atoms with van der Waals surface area (Å²) < 4.78 is 0. The van der Waals surface area contributed by atoms with E-state index in [2.05, 4.69) is 30.7 Å². The van der Waals surface area contributed by atoms with E-state index in [9.17, 15) is 0 Å². The topological polar surface area (TPSA) is 41.6 Å². The zero-order valence-electron chi connectivity index (χ0n) is 10.4. The first-order valence-corrected chi connectivity index (χ1v) is 6.16. The molecular formula is C12H25N3. The molecule has 0 bridgehead atoms. The van der Waals surface area contributed by atoms with E-state index in [4.69, 9.17) is 5.73 Å². The van der Waals surface area contributed by atoms with Crippen LogP contribution in [-0.4, -0.2) is 30.5 Å². The smallest absolute Gasteiger partial charge is 0.191 e. The van der Waals surface area contributed by atoms with Crippen LogP contribution in [-0.2, 0) is 0 Å². The van der Waals surface area contributed by atoms with E-state index in [-0.39, 0.29) is 0 Å². The van der Waals surface area contributed by atoms with Gasteiger partial charge >= 0.3 is 0 Å². The number of rotatable bonds is 3. The molecule has 0 aromatic carbocycles. The minimum atomic E-state index is 0.529. The van der Waals surface area contributed by atoms with Gasteiger partial charge in [0.1, 0.15) is 0 Å². The van der Waals surface area contributed by atoms with Crippen molar-refractivity contribution in [3.05, 3.63) is 0 Å². The normalized spacial score (nSPS) is 21.8. The molecule has 1 aliphatic heterocycles. The maximum atomic E-state index is 5.94. The lowest BCUT2D eigenvalue weighted by molar-refractivity contribution is 0.161. The third kappa shape index (κ3) is 3.40. The molecule has 0 saturated carbocycles. The molecule has 1 rings (SSSR count). The van der Waals surface area contributed by atoms with Gasteiger partial charge in [0.05, 0.1) is 0 Å². The standard InChI is InChI=1S/C12H25N3/c1-4-8-14-11(13)15-9-6-12(3,5-2)7-10-15/h4-10H2,1-3H3,(H2,13,14). The molecule has 1 fully saturated rings. The second-order valence-corrected chi connectivity index (χ2v) is 4.89. The van der Waals surface area contributed by atoms with Crippen molar-refractivity contribution >= 4 is 5.96 Å². The zero-order chi connectivity index (χ0) is 11.3. The van der Waals surface area contributed by atoms with Crippen LogP contribution in [0.1, 0.15) is 46.5 Å². The fourth-order valence-corrected chi connectivity index (χ4v) is 1.96. The number of nitrogens with two attached hydrogens (primary N) is 1. The lowest BCUT2D eigenvalue weighted by atomic mass is 9.78. The SMILES string of the molecule is CCCN=C(N)N1CCC(C)(CC)CC1. The molecule has 2 N–H and O–H groups in total. The van der Waals surface area contributed by atoms with Crippen molar-refractivity contribution in [2.45, 2.75) is 46.5 Å². The molecule has 0 aromatic heterocycles. The average Bonchev–Trinajstić information content (AvgIpc) is 2.27. The Bertz CT molecular complexity index is 215. The highest BCUT2D eigenvalue weighted by Crippen LogP contribution is 2.33. The van der Waals surface area contributed by atoms with Crippen LogP contribution in [0.25, 0.3) is 0 Å². The Labute approximate surface area is 93.7 Å². The Morgan fingerprint density at radius 2 is 1.93 bits per heavy atom. The van der Waals surface area contributed by atoms with Gasteiger partial charge in [-0.25, -0.2) is 0 Å². The fourth-order valence-electron chi connectivity index (χ4n) is 1.96.